The van der Waals surface area contributed by atoms with E-state index < -0.39 is 5.91 Å². The fourth-order valence-corrected chi connectivity index (χ4v) is 1.54. The fraction of sp³-hybridized carbons (Fsp3) is 0. The van der Waals surface area contributed by atoms with E-state index in [1.165, 1.54) is 24.8 Å². The predicted molar refractivity (Wildman–Crippen MR) is 73.6 cm³/mol. The highest BCUT2D eigenvalue weighted by molar-refractivity contribution is 6.42. The summed E-state index contributed by atoms with van der Waals surface area (Å²) in [4.78, 5) is 19.2. The van der Waals surface area contributed by atoms with Crippen molar-refractivity contribution in [1.29, 1.82) is 0 Å². The Labute approximate surface area is 119 Å². The molecule has 1 amide bonds. The third-order valence-electron chi connectivity index (χ3n) is 2.12. The monoisotopic (exact) mass is 294 g/mol. The van der Waals surface area contributed by atoms with Crippen LogP contribution in [-0.4, -0.2) is 22.1 Å². The van der Waals surface area contributed by atoms with Gasteiger partial charge < -0.3 is 0 Å². The van der Waals surface area contributed by atoms with E-state index in [1.54, 1.807) is 18.2 Å². The third kappa shape index (κ3) is 3.74. The van der Waals surface area contributed by atoms with Gasteiger partial charge in [-0.3, -0.25) is 9.78 Å². The maximum absolute atomic E-state index is 11.6. The van der Waals surface area contributed by atoms with Crippen molar-refractivity contribution in [2.45, 2.75) is 0 Å². The number of rotatable bonds is 3. The standard InChI is InChI=1S/C12H8Cl2N4O/c13-9-2-1-8(5-10(9)14)6-17-18-12(19)11-7-15-3-4-16-11/h1-7H,(H,18,19). The van der Waals surface area contributed by atoms with E-state index in [0.29, 0.717) is 15.6 Å². The molecule has 0 aliphatic rings. The summed E-state index contributed by atoms with van der Waals surface area (Å²) in [6.45, 7) is 0. The summed E-state index contributed by atoms with van der Waals surface area (Å²) in [6, 6.07) is 5.02. The van der Waals surface area contributed by atoms with Crippen LogP contribution in [0.1, 0.15) is 16.1 Å². The first-order valence-electron chi connectivity index (χ1n) is 5.21. The molecule has 2 aromatic rings. The largest absolute Gasteiger partial charge is 0.291 e. The normalized spacial score (nSPS) is 10.6. The number of hydrazone groups is 1. The van der Waals surface area contributed by atoms with E-state index >= 15 is 0 Å². The number of benzene rings is 1. The molecular formula is C12H8Cl2N4O. The summed E-state index contributed by atoms with van der Waals surface area (Å²) in [7, 11) is 0. The summed E-state index contributed by atoms with van der Waals surface area (Å²) < 4.78 is 0. The molecule has 0 fully saturated rings. The van der Waals surface area contributed by atoms with E-state index in [1.807, 2.05) is 0 Å². The highest BCUT2D eigenvalue weighted by Crippen LogP contribution is 2.21. The van der Waals surface area contributed by atoms with Crippen LogP contribution in [0.25, 0.3) is 0 Å². The van der Waals surface area contributed by atoms with Gasteiger partial charge in [-0.25, -0.2) is 10.4 Å². The van der Waals surface area contributed by atoms with Crippen LogP contribution >= 0.6 is 23.2 Å². The van der Waals surface area contributed by atoms with Crippen molar-refractivity contribution >= 4 is 35.3 Å². The van der Waals surface area contributed by atoms with Crippen molar-refractivity contribution in [2.75, 3.05) is 0 Å². The number of aromatic nitrogens is 2. The molecule has 19 heavy (non-hydrogen) atoms. The average molecular weight is 295 g/mol. The number of halogens is 2. The summed E-state index contributed by atoms with van der Waals surface area (Å²) in [5.41, 5.74) is 3.24. The summed E-state index contributed by atoms with van der Waals surface area (Å²) in [5, 5.41) is 4.68. The van der Waals surface area contributed by atoms with Crippen LogP contribution in [-0.2, 0) is 0 Å². The Morgan fingerprint density at radius 1 is 1.26 bits per heavy atom. The highest BCUT2D eigenvalue weighted by Gasteiger charge is 2.04. The van der Waals surface area contributed by atoms with Crippen molar-refractivity contribution in [3.05, 3.63) is 58.1 Å². The van der Waals surface area contributed by atoms with Gasteiger partial charge in [-0.05, 0) is 17.7 Å². The maximum atomic E-state index is 11.6. The SMILES string of the molecule is O=C(NN=Cc1ccc(Cl)c(Cl)c1)c1cnccn1. The number of hydrogen-bond acceptors (Lipinski definition) is 4. The first-order valence-corrected chi connectivity index (χ1v) is 5.97. The predicted octanol–water partition coefficient (Wildman–Crippen LogP) is 2.55. The van der Waals surface area contributed by atoms with Gasteiger partial charge in [0, 0.05) is 12.4 Å². The molecule has 0 aliphatic carbocycles. The minimum absolute atomic E-state index is 0.189. The molecule has 1 heterocycles. The zero-order valence-electron chi connectivity index (χ0n) is 9.55. The van der Waals surface area contributed by atoms with Crippen LogP contribution in [0.15, 0.2) is 41.9 Å². The lowest BCUT2D eigenvalue weighted by atomic mass is 10.2. The van der Waals surface area contributed by atoms with Crippen molar-refractivity contribution in [3.63, 3.8) is 0 Å². The van der Waals surface area contributed by atoms with Crippen molar-refractivity contribution in [1.82, 2.24) is 15.4 Å². The summed E-state index contributed by atoms with van der Waals surface area (Å²) in [5.74, 6) is -0.440. The lowest BCUT2D eigenvalue weighted by Gasteiger charge is -1.99. The second kappa shape index (κ2) is 6.26. The Hall–Kier alpha value is -1.98. The van der Waals surface area contributed by atoms with Crippen LogP contribution in [0.5, 0.6) is 0 Å². The average Bonchev–Trinajstić information content (AvgIpc) is 2.43. The van der Waals surface area contributed by atoms with Gasteiger partial charge in [0.15, 0.2) is 0 Å². The zero-order valence-corrected chi connectivity index (χ0v) is 11.1. The minimum Gasteiger partial charge on any atom is -0.265 e. The van der Waals surface area contributed by atoms with Crippen molar-refractivity contribution in [2.24, 2.45) is 5.10 Å². The molecule has 0 aliphatic heterocycles. The molecule has 0 saturated carbocycles. The van der Waals surface area contributed by atoms with Crippen LogP contribution in [0.3, 0.4) is 0 Å². The van der Waals surface area contributed by atoms with Crippen LogP contribution in [0, 0.1) is 0 Å². The molecule has 5 nitrogen and oxygen atoms in total. The Balaban J connectivity index is 2.00. The smallest absolute Gasteiger partial charge is 0.265 e. The van der Waals surface area contributed by atoms with Crippen molar-refractivity contribution in [3.8, 4) is 0 Å². The highest BCUT2D eigenvalue weighted by atomic mass is 35.5. The van der Waals surface area contributed by atoms with Gasteiger partial charge in [-0.1, -0.05) is 29.3 Å². The topological polar surface area (TPSA) is 67.2 Å². The Morgan fingerprint density at radius 3 is 2.79 bits per heavy atom. The molecule has 1 aromatic heterocycles. The Kier molecular flexibility index (Phi) is 4.43. The summed E-state index contributed by atoms with van der Waals surface area (Å²) >= 11 is 11.6. The van der Waals surface area contributed by atoms with Gasteiger partial charge in [-0.2, -0.15) is 5.10 Å². The van der Waals surface area contributed by atoms with Crippen LogP contribution < -0.4 is 5.43 Å². The lowest BCUT2D eigenvalue weighted by Crippen LogP contribution is -2.19. The molecule has 0 saturated heterocycles. The van der Waals surface area contributed by atoms with Crippen LogP contribution in [0.2, 0.25) is 10.0 Å². The van der Waals surface area contributed by atoms with Gasteiger partial charge in [0.25, 0.3) is 5.91 Å². The fourth-order valence-electron chi connectivity index (χ4n) is 1.23. The number of hydrogen-bond donors (Lipinski definition) is 1. The molecule has 0 atom stereocenters. The number of nitrogens with one attached hydrogen (secondary N) is 1. The van der Waals surface area contributed by atoms with E-state index in [2.05, 4.69) is 20.5 Å². The zero-order chi connectivity index (χ0) is 13.7. The molecular weight excluding hydrogens is 287 g/mol. The Bertz CT molecular complexity index is 616. The van der Waals surface area contributed by atoms with Gasteiger partial charge in [0.1, 0.15) is 5.69 Å². The second-order valence-electron chi connectivity index (χ2n) is 3.46. The quantitative estimate of drug-likeness (QED) is 0.699. The van der Waals surface area contributed by atoms with Gasteiger partial charge in [-0.15, -0.1) is 0 Å². The van der Waals surface area contributed by atoms with Crippen LogP contribution in [0.4, 0.5) is 0 Å². The molecule has 96 valence electrons. The third-order valence-corrected chi connectivity index (χ3v) is 2.86. The maximum Gasteiger partial charge on any atom is 0.291 e. The summed E-state index contributed by atoms with van der Waals surface area (Å²) in [6.07, 6.45) is 5.72. The molecule has 7 heteroatoms. The van der Waals surface area contributed by atoms with Crippen molar-refractivity contribution < 1.29 is 4.79 Å². The number of nitrogens with zero attached hydrogens (tertiary/aromatic N) is 3. The molecule has 1 aromatic carbocycles. The molecule has 1 N–H and O–H groups in total. The number of amides is 1. The molecule has 0 bridgehead atoms. The van der Waals surface area contributed by atoms with E-state index in [0.717, 1.165) is 0 Å². The Morgan fingerprint density at radius 2 is 2.11 bits per heavy atom. The minimum atomic E-state index is -0.440. The number of carbonyl (C=O) groups excluding carboxylic acids is 1. The van der Waals surface area contributed by atoms with E-state index in [9.17, 15) is 4.79 Å². The lowest BCUT2D eigenvalue weighted by molar-refractivity contribution is 0.0950. The molecule has 0 unspecified atom stereocenters. The molecule has 2 rings (SSSR count). The number of carbonyl (C=O) groups is 1. The van der Waals surface area contributed by atoms with E-state index in [-0.39, 0.29) is 5.69 Å². The van der Waals surface area contributed by atoms with Gasteiger partial charge >= 0.3 is 0 Å². The second-order valence-corrected chi connectivity index (χ2v) is 4.28. The van der Waals surface area contributed by atoms with Gasteiger partial charge in [0.05, 0.1) is 22.5 Å². The molecule has 0 radical (unpaired) electrons. The first-order chi connectivity index (χ1) is 9.16. The first kappa shape index (κ1) is 13.5. The van der Waals surface area contributed by atoms with Gasteiger partial charge in [0.2, 0.25) is 0 Å². The molecule has 0 spiro atoms. The van der Waals surface area contributed by atoms with E-state index in [4.69, 9.17) is 23.2 Å².